The number of aromatic nitrogens is 2. The van der Waals surface area contributed by atoms with Crippen molar-refractivity contribution in [3.8, 4) is 0 Å². The maximum atomic E-state index is 9.48. The number of benzene rings is 1. The standard InChI is InChI=1S/C18H23N5.C12H18N2.C4H8O2.CH2O/c1-5-13(2)22-11-15(12-22)8-9-23-14(3)6-7-16-10-20-18(19-4)21-17(16)23;1-13-7-9-14(10-8-13)11-12-5-3-2-4-6-12;1-6-4-2-3-5;1-2/h5-7,10,15H,1-3,8-9,11-12H2,4H3,(H,19,20,21);2-6H,7-11H2,1H3;3H,2,4H2,1H3;1H2. The molecular formula is C35H51N7O3. The summed E-state index contributed by atoms with van der Waals surface area (Å²) in [6.07, 6.45) is 10.2. The molecule has 1 aromatic heterocycles. The predicted octanol–water partition coefficient (Wildman–Crippen LogP) is 4.36. The van der Waals surface area contributed by atoms with Gasteiger partial charge in [-0.3, -0.25) is 4.90 Å². The molecular weight excluding hydrogens is 566 g/mol. The Bertz CT molecular complexity index is 1220. The molecule has 2 saturated heterocycles. The largest absolute Gasteiger partial charge is 0.384 e. The molecule has 3 aliphatic rings. The minimum Gasteiger partial charge on any atom is -0.384 e. The van der Waals surface area contributed by atoms with Gasteiger partial charge in [0.15, 0.2) is 0 Å². The molecule has 0 bridgehead atoms. The molecule has 10 nitrogen and oxygen atoms in total. The first-order valence-corrected chi connectivity index (χ1v) is 15.3. The van der Waals surface area contributed by atoms with E-state index in [1.54, 1.807) is 7.11 Å². The molecule has 3 aliphatic heterocycles. The first-order valence-electron chi connectivity index (χ1n) is 15.3. The Kier molecular flexibility index (Phi) is 17.1. The van der Waals surface area contributed by atoms with Crippen LogP contribution in [-0.2, 0) is 20.9 Å². The molecule has 0 amide bonds. The van der Waals surface area contributed by atoms with Crippen molar-refractivity contribution in [3.05, 3.63) is 90.9 Å². The smallest absolute Gasteiger partial charge is 0.224 e. The Morgan fingerprint density at radius 2 is 1.80 bits per heavy atom. The van der Waals surface area contributed by atoms with Crippen LogP contribution in [-0.4, -0.2) is 111 Å². The van der Waals surface area contributed by atoms with E-state index >= 15 is 0 Å². The summed E-state index contributed by atoms with van der Waals surface area (Å²) < 4.78 is 4.55. The topological polar surface area (TPSA) is 94.1 Å². The van der Waals surface area contributed by atoms with Gasteiger partial charge in [-0.1, -0.05) is 50.1 Å². The minimum absolute atomic E-state index is 0.510. The van der Waals surface area contributed by atoms with Gasteiger partial charge in [0, 0.05) is 96.1 Å². The van der Waals surface area contributed by atoms with Crippen LogP contribution in [0.3, 0.4) is 0 Å². The Morgan fingerprint density at radius 1 is 1.11 bits per heavy atom. The van der Waals surface area contributed by atoms with Gasteiger partial charge in [0.25, 0.3) is 0 Å². The average molecular weight is 618 g/mol. The normalized spacial score (nSPS) is 15.9. The first-order chi connectivity index (χ1) is 21.9. The molecule has 45 heavy (non-hydrogen) atoms. The number of ether oxygens (including phenoxy) is 1. The molecule has 1 aromatic carbocycles. The fourth-order valence-electron chi connectivity index (χ4n) is 4.94. The van der Waals surface area contributed by atoms with Gasteiger partial charge in [0.2, 0.25) is 5.95 Å². The van der Waals surface area contributed by atoms with Crippen molar-refractivity contribution < 1.29 is 14.3 Å². The van der Waals surface area contributed by atoms with Gasteiger partial charge in [-0.2, -0.15) is 4.98 Å². The average Bonchev–Trinajstić information content (AvgIpc) is 3.06. The fourth-order valence-corrected chi connectivity index (χ4v) is 4.94. The third-order valence-corrected chi connectivity index (χ3v) is 7.72. The maximum Gasteiger partial charge on any atom is 0.224 e. The van der Waals surface area contributed by atoms with E-state index in [4.69, 9.17) is 4.79 Å². The molecule has 0 spiro atoms. The third kappa shape index (κ3) is 12.4. The van der Waals surface area contributed by atoms with Gasteiger partial charge in [0.05, 0.1) is 6.61 Å². The summed E-state index contributed by atoms with van der Waals surface area (Å²) in [7, 11) is 5.60. The third-order valence-electron chi connectivity index (χ3n) is 7.72. The van der Waals surface area contributed by atoms with Crippen LogP contribution in [0.2, 0.25) is 0 Å². The number of methoxy groups -OCH3 is 1. The SMILES string of the molecule is C=CC(=C)N1CC(CCN2C(=C)C=Cc3cnc(NC)nc32)C1.C=O.CN1CCN(Cc2ccccc2)CC1.COCCC=O. The van der Waals surface area contributed by atoms with Crippen molar-refractivity contribution in [2.45, 2.75) is 19.4 Å². The second-order valence-corrected chi connectivity index (χ2v) is 11.0. The van der Waals surface area contributed by atoms with Crippen LogP contribution < -0.4 is 10.2 Å². The van der Waals surface area contributed by atoms with Crippen molar-refractivity contribution in [1.29, 1.82) is 0 Å². The number of likely N-dealkylation sites (N-methyl/N-ethyl adjacent to an activating group) is 1. The lowest BCUT2D eigenvalue weighted by atomic mass is 9.95. The highest BCUT2D eigenvalue weighted by Crippen LogP contribution is 2.31. The lowest BCUT2D eigenvalue weighted by Crippen LogP contribution is -2.46. The molecule has 5 rings (SSSR count). The number of allylic oxidation sites excluding steroid dienone is 2. The number of hydrogen-bond donors (Lipinski definition) is 1. The Balaban J connectivity index is 0.000000272. The van der Waals surface area contributed by atoms with Gasteiger partial charge in [-0.15, -0.1) is 0 Å². The number of carbonyl (C=O) groups is 2. The zero-order valence-corrected chi connectivity index (χ0v) is 27.4. The van der Waals surface area contributed by atoms with E-state index in [1.807, 2.05) is 38.3 Å². The van der Waals surface area contributed by atoms with Crippen molar-refractivity contribution >= 4 is 30.9 Å². The van der Waals surface area contributed by atoms with E-state index in [2.05, 4.69) is 96.7 Å². The zero-order valence-electron chi connectivity index (χ0n) is 27.4. The number of rotatable bonds is 11. The number of carbonyl (C=O) groups excluding carboxylic acids is 2. The number of anilines is 2. The van der Waals surface area contributed by atoms with Crippen molar-refractivity contribution in [2.75, 3.05) is 83.8 Å². The van der Waals surface area contributed by atoms with Gasteiger partial charge in [0.1, 0.15) is 18.9 Å². The van der Waals surface area contributed by atoms with Crippen LogP contribution in [0.25, 0.3) is 6.08 Å². The van der Waals surface area contributed by atoms with E-state index in [9.17, 15) is 4.79 Å². The summed E-state index contributed by atoms with van der Waals surface area (Å²) in [5, 5.41) is 3.00. The van der Waals surface area contributed by atoms with Crippen LogP contribution in [0.4, 0.5) is 11.8 Å². The van der Waals surface area contributed by atoms with Gasteiger partial charge >= 0.3 is 0 Å². The van der Waals surface area contributed by atoms with Crippen molar-refractivity contribution in [1.82, 2.24) is 24.7 Å². The highest BCUT2D eigenvalue weighted by molar-refractivity contribution is 5.73. The van der Waals surface area contributed by atoms with Gasteiger partial charge in [-0.25, -0.2) is 4.98 Å². The summed E-state index contributed by atoms with van der Waals surface area (Å²) in [5.74, 6) is 2.25. The van der Waals surface area contributed by atoms with E-state index in [1.165, 1.54) is 31.7 Å². The van der Waals surface area contributed by atoms with Crippen molar-refractivity contribution in [2.24, 2.45) is 5.92 Å². The highest BCUT2D eigenvalue weighted by atomic mass is 16.5. The molecule has 1 N–H and O–H groups in total. The summed E-state index contributed by atoms with van der Waals surface area (Å²) >= 11 is 0. The van der Waals surface area contributed by atoms with Gasteiger partial charge in [-0.05, 0) is 43.2 Å². The van der Waals surface area contributed by atoms with Crippen LogP contribution in [0.15, 0.2) is 79.8 Å². The highest BCUT2D eigenvalue weighted by Gasteiger charge is 2.28. The quantitative estimate of drug-likeness (QED) is 0.223. The maximum absolute atomic E-state index is 9.48. The van der Waals surface area contributed by atoms with Crippen LogP contribution >= 0.6 is 0 Å². The number of aldehydes is 1. The molecule has 0 radical (unpaired) electrons. The Hall–Kier alpha value is -4.12. The van der Waals surface area contributed by atoms with E-state index in [-0.39, 0.29) is 0 Å². The number of fused-ring (bicyclic) bond motifs is 1. The summed E-state index contributed by atoms with van der Waals surface area (Å²) in [6.45, 7) is 23.4. The number of piperazine rings is 1. The molecule has 2 aromatic rings. The molecule has 4 heterocycles. The van der Waals surface area contributed by atoms with Crippen LogP contribution in [0.1, 0.15) is 24.0 Å². The first kappa shape index (κ1) is 37.1. The Labute approximate surface area is 269 Å². The lowest BCUT2D eigenvalue weighted by molar-refractivity contribution is -0.108. The molecule has 10 heteroatoms. The summed E-state index contributed by atoms with van der Waals surface area (Å²) in [5.41, 5.74) is 4.46. The lowest BCUT2D eigenvalue weighted by Gasteiger charge is -2.42. The summed E-state index contributed by atoms with van der Waals surface area (Å²) in [6, 6.07) is 10.7. The van der Waals surface area contributed by atoms with Crippen LogP contribution in [0, 0.1) is 5.92 Å². The number of hydrogen-bond acceptors (Lipinski definition) is 10. The van der Waals surface area contributed by atoms with E-state index in [0.29, 0.717) is 24.9 Å². The second kappa shape index (κ2) is 20.8. The fraction of sp³-hybridized carbons (Fsp3) is 0.429. The molecule has 244 valence electrons. The Morgan fingerprint density at radius 3 is 2.38 bits per heavy atom. The molecule has 0 unspecified atom stereocenters. The number of nitrogens with zero attached hydrogens (tertiary/aromatic N) is 6. The molecule has 0 atom stereocenters. The van der Waals surface area contributed by atoms with Gasteiger partial charge < -0.3 is 34.3 Å². The van der Waals surface area contributed by atoms with Crippen molar-refractivity contribution in [3.63, 3.8) is 0 Å². The zero-order chi connectivity index (χ0) is 33.0. The molecule has 0 aliphatic carbocycles. The van der Waals surface area contributed by atoms with E-state index < -0.39 is 0 Å². The number of nitrogens with one attached hydrogen (secondary N) is 1. The molecule has 0 saturated carbocycles. The van der Waals surface area contributed by atoms with Crippen LogP contribution in [0.5, 0.6) is 0 Å². The number of likely N-dealkylation sites (tertiary alicyclic amines) is 1. The summed E-state index contributed by atoms with van der Waals surface area (Å²) in [4.78, 5) is 35.7. The monoisotopic (exact) mass is 617 g/mol. The molecule has 2 fully saturated rings. The predicted molar refractivity (Wildman–Crippen MR) is 185 cm³/mol. The van der Waals surface area contributed by atoms with E-state index in [0.717, 1.165) is 61.7 Å². The second-order valence-electron chi connectivity index (χ2n) is 11.0. The minimum atomic E-state index is 0.510.